The Hall–Kier alpha value is -3.58. The van der Waals surface area contributed by atoms with Gasteiger partial charge in [0, 0.05) is 35.1 Å². The largest absolute Gasteiger partial charge is 0.416 e. The van der Waals surface area contributed by atoms with Gasteiger partial charge in [0.05, 0.1) is 10.6 Å². The van der Waals surface area contributed by atoms with Gasteiger partial charge in [-0.3, -0.25) is 4.79 Å². The number of hydrogen-bond acceptors (Lipinski definition) is 2. The van der Waals surface area contributed by atoms with Gasteiger partial charge in [-0.15, -0.1) is 0 Å². The summed E-state index contributed by atoms with van der Waals surface area (Å²) in [5.41, 5.74) is 2.57. The fourth-order valence-corrected chi connectivity index (χ4v) is 3.51. The summed E-state index contributed by atoms with van der Waals surface area (Å²) in [4.78, 5) is 19.6. The highest BCUT2D eigenvalue weighted by Crippen LogP contribution is 2.33. The van der Waals surface area contributed by atoms with E-state index in [1.165, 1.54) is 25.1 Å². The quantitative estimate of drug-likeness (QED) is 0.330. The number of rotatable bonds is 4. The minimum Gasteiger partial charge on any atom is -0.345 e. The maximum absolute atomic E-state index is 13.1. The number of pyridine rings is 1. The Morgan fingerprint density at radius 3 is 2.72 bits per heavy atom. The van der Waals surface area contributed by atoms with Crippen LogP contribution in [-0.2, 0) is 11.0 Å². The van der Waals surface area contributed by atoms with Crippen molar-refractivity contribution in [3.05, 3.63) is 88.7 Å². The van der Waals surface area contributed by atoms with Gasteiger partial charge in [-0.2, -0.15) is 13.2 Å². The van der Waals surface area contributed by atoms with Gasteiger partial charge in [-0.05, 0) is 54.0 Å². The van der Waals surface area contributed by atoms with Crippen LogP contribution < -0.4 is 5.32 Å². The summed E-state index contributed by atoms with van der Waals surface area (Å²) < 4.78 is 39.2. The second kappa shape index (κ2) is 8.51. The van der Waals surface area contributed by atoms with Gasteiger partial charge in [0.15, 0.2) is 0 Å². The van der Waals surface area contributed by atoms with E-state index in [0.717, 1.165) is 28.1 Å². The molecule has 0 aliphatic heterocycles. The molecule has 0 spiro atoms. The monoisotopic (exact) mass is 455 g/mol. The number of aromatic amines is 1. The molecule has 0 atom stereocenters. The van der Waals surface area contributed by atoms with Gasteiger partial charge in [0.25, 0.3) is 0 Å². The number of hydrogen-bond donors (Lipinski definition) is 2. The maximum atomic E-state index is 13.1. The van der Waals surface area contributed by atoms with Crippen molar-refractivity contribution >= 4 is 40.3 Å². The van der Waals surface area contributed by atoms with Gasteiger partial charge in [-0.1, -0.05) is 35.9 Å². The third-order valence-electron chi connectivity index (χ3n) is 4.94. The van der Waals surface area contributed by atoms with Gasteiger partial charge in [-0.25, -0.2) is 4.98 Å². The summed E-state index contributed by atoms with van der Waals surface area (Å²) in [5, 5.41) is 3.85. The zero-order valence-corrected chi connectivity index (χ0v) is 17.6. The van der Waals surface area contributed by atoms with Crippen LogP contribution in [0.2, 0.25) is 5.02 Å². The summed E-state index contributed by atoms with van der Waals surface area (Å²) in [6, 6.07) is 13.1. The second-order valence-electron chi connectivity index (χ2n) is 7.23. The SMILES string of the molecule is Cc1ccc(NC(=O)C=Cc2cccc(-c3cnc4[nH]cc(Cl)c4c3)c2)cc1C(F)(F)F. The van der Waals surface area contributed by atoms with E-state index in [1.807, 2.05) is 30.3 Å². The number of alkyl halides is 3. The van der Waals surface area contributed by atoms with Gasteiger partial charge in [0.2, 0.25) is 5.91 Å². The number of halogens is 4. The molecule has 0 aliphatic carbocycles. The van der Waals surface area contributed by atoms with Crippen molar-refractivity contribution in [1.82, 2.24) is 9.97 Å². The lowest BCUT2D eigenvalue weighted by molar-refractivity contribution is -0.138. The summed E-state index contributed by atoms with van der Waals surface area (Å²) in [6.07, 6.45) is 1.78. The van der Waals surface area contributed by atoms with Crippen LogP contribution in [0.25, 0.3) is 28.2 Å². The Kier molecular flexibility index (Phi) is 5.76. The predicted octanol–water partition coefficient (Wildman–Crippen LogP) is 6.86. The van der Waals surface area contributed by atoms with Crippen LogP contribution in [-0.4, -0.2) is 15.9 Å². The molecule has 0 aliphatic rings. The maximum Gasteiger partial charge on any atom is 0.416 e. The van der Waals surface area contributed by atoms with E-state index in [-0.39, 0.29) is 11.3 Å². The average Bonchev–Trinajstić information content (AvgIpc) is 3.13. The van der Waals surface area contributed by atoms with Crippen LogP contribution in [0.3, 0.4) is 0 Å². The molecule has 0 radical (unpaired) electrons. The van der Waals surface area contributed by atoms with Gasteiger partial charge >= 0.3 is 6.18 Å². The van der Waals surface area contributed by atoms with Crippen LogP contribution in [0.1, 0.15) is 16.7 Å². The van der Waals surface area contributed by atoms with E-state index in [1.54, 1.807) is 18.5 Å². The van der Waals surface area contributed by atoms with Crippen LogP contribution >= 0.6 is 11.6 Å². The highest BCUT2D eigenvalue weighted by atomic mass is 35.5. The molecule has 1 amide bonds. The van der Waals surface area contributed by atoms with Crippen molar-refractivity contribution in [1.29, 1.82) is 0 Å². The first kappa shape index (κ1) is 21.6. The second-order valence-corrected chi connectivity index (χ2v) is 7.64. The zero-order chi connectivity index (χ0) is 22.9. The molecule has 32 heavy (non-hydrogen) atoms. The fourth-order valence-electron chi connectivity index (χ4n) is 3.31. The molecule has 2 heterocycles. The third kappa shape index (κ3) is 4.68. The number of aryl methyl sites for hydroxylation is 1. The number of anilines is 1. The number of fused-ring (bicyclic) bond motifs is 1. The number of benzene rings is 2. The number of carbonyl (C=O) groups excluding carboxylic acids is 1. The van der Waals surface area contributed by atoms with Crippen LogP contribution in [0, 0.1) is 6.92 Å². The summed E-state index contributed by atoms with van der Waals surface area (Å²) in [6.45, 7) is 1.37. The predicted molar refractivity (Wildman–Crippen MR) is 120 cm³/mol. The molecule has 2 aromatic heterocycles. The van der Waals surface area contributed by atoms with E-state index in [4.69, 9.17) is 11.6 Å². The third-order valence-corrected chi connectivity index (χ3v) is 5.25. The van der Waals surface area contributed by atoms with Crippen LogP contribution in [0.4, 0.5) is 18.9 Å². The van der Waals surface area contributed by atoms with Crippen molar-refractivity contribution in [2.24, 2.45) is 0 Å². The normalized spacial score (nSPS) is 11.9. The minimum atomic E-state index is -4.48. The van der Waals surface area contributed by atoms with Crippen LogP contribution in [0.5, 0.6) is 0 Å². The lowest BCUT2D eigenvalue weighted by atomic mass is 10.0. The zero-order valence-electron chi connectivity index (χ0n) is 16.8. The lowest BCUT2D eigenvalue weighted by Crippen LogP contribution is -2.11. The first-order valence-corrected chi connectivity index (χ1v) is 9.98. The summed E-state index contributed by atoms with van der Waals surface area (Å²) in [7, 11) is 0. The topological polar surface area (TPSA) is 57.8 Å². The number of H-pyrrole nitrogens is 1. The molecular formula is C24H17ClF3N3O. The van der Waals surface area contributed by atoms with E-state index >= 15 is 0 Å². The standard InChI is InChI=1S/C24H17ClF3N3O/c1-14-5-7-18(11-20(14)24(26,27)28)31-22(32)8-6-15-3-2-4-16(9-15)17-10-19-21(25)13-30-23(19)29-12-17/h2-13H,1H3,(H,29,30)(H,31,32). The Balaban J connectivity index is 1.51. The van der Waals surface area contributed by atoms with Crippen molar-refractivity contribution in [2.45, 2.75) is 13.1 Å². The molecule has 8 heteroatoms. The van der Waals surface area contributed by atoms with Crippen molar-refractivity contribution in [3.8, 4) is 11.1 Å². The molecule has 2 aromatic carbocycles. The minimum absolute atomic E-state index is 0.0779. The molecule has 4 rings (SSSR count). The molecule has 0 unspecified atom stereocenters. The first-order valence-electron chi connectivity index (χ1n) is 9.61. The van der Waals surface area contributed by atoms with E-state index < -0.39 is 17.6 Å². The molecule has 162 valence electrons. The van der Waals surface area contributed by atoms with Crippen molar-refractivity contribution in [2.75, 3.05) is 5.32 Å². The fraction of sp³-hybridized carbons (Fsp3) is 0.0833. The number of amides is 1. The summed E-state index contributed by atoms with van der Waals surface area (Å²) >= 11 is 6.17. The Labute approximate surface area is 186 Å². The molecule has 0 saturated heterocycles. The number of nitrogens with one attached hydrogen (secondary N) is 2. The molecule has 4 nitrogen and oxygen atoms in total. The smallest absolute Gasteiger partial charge is 0.345 e. The van der Waals surface area contributed by atoms with Crippen molar-refractivity contribution in [3.63, 3.8) is 0 Å². The van der Waals surface area contributed by atoms with Gasteiger partial charge < -0.3 is 10.3 Å². The first-order chi connectivity index (χ1) is 15.2. The summed E-state index contributed by atoms with van der Waals surface area (Å²) in [5.74, 6) is -0.533. The molecular weight excluding hydrogens is 439 g/mol. The molecule has 0 bridgehead atoms. The molecule has 4 aromatic rings. The van der Waals surface area contributed by atoms with E-state index in [2.05, 4.69) is 15.3 Å². The molecule has 2 N–H and O–H groups in total. The highest BCUT2D eigenvalue weighted by molar-refractivity contribution is 6.35. The van der Waals surface area contributed by atoms with E-state index in [9.17, 15) is 18.0 Å². The van der Waals surface area contributed by atoms with E-state index in [0.29, 0.717) is 10.7 Å². The molecule has 0 fully saturated rings. The highest BCUT2D eigenvalue weighted by Gasteiger charge is 2.32. The van der Waals surface area contributed by atoms with Gasteiger partial charge in [0.1, 0.15) is 5.65 Å². The number of nitrogens with zero attached hydrogens (tertiary/aromatic N) is 1. The average molecular weight is 456 g/mol. The van der Waals surface area contributed by atoms with Crippen LogP contribution in [0.15, 0.2) is 67.0 Å². The lowest BCUT2D eigenvalue weighted by Gasteiger charge is -2.12. The number of aromatic nitrogens is 2. The number of carbonyl (C=O) groups is 1. The molecule has 0 saturated carbocycles. The Morgan fingerprint density at radius 1 is 1.12 bits per heavy atom. The van der Waals surface area contributed by atoms with Crippen molar-refractivity contribution < 1.29 is 18.0 Å². The Bertz CT molecular complexity index is 1340. The Morgan fingerprint density at radius 2 is 1.94 bits per heavy atom.